The number of unbranched alkanes of at least 4 members (excludes halogenated alkanes) is 15. The molecule has 5 nitrogen and oxygen atoms in total. The Labute approximate surface area is 167 Å². The second-order valence-corrected chi connectivity index (χ2v) is 7.42. The van der Waals surface area contributed by atoms with Gasteiger partial charge in [-0.15, -0.1) is 0 Å². The van der Waals surface area contributed by atoms with E-state index in [1.54, 1.807) is 0 Å². The largest absolute Gasteiger partial charge is 0.481 e. The lowest BCUT2D eigenvalue weighted by molar-refractivity contribution is -0.147. The summed E-state index contributed by atoms with van der Waals surface area (Å²) in [5.41, 5.74) is 0. The third-order valence-corrected chi connectivity index (χ3v) is 4.80. The lowest BCUT2D eigenvalue weighted by Gasteiger charge is -2.05. The zero-order chi connectivity index (χ0) is 19.3. The van der Waals surface area contributed by atoms with Gasteiger partial charge in [-0.25, -0.2) is 0 Å². The van der Waals surface area contributed by atoms with Gasteiger partial charge in [0.25, 0.3) is 0 Å². The number of carboxylic acid groups (broad SMARTS) is 1. The van der Waals surface area contributed by atoms with Crippen LogP contribution in [0.15, 0.2) is 0 Å². The van der Waals surface area contributed by atoms with Crippen molar-refractivity contribution < 1.29 is 19.4 Å². The first-order valence-corrected chi connectivity index (χ1v) is 11.0. The number of carboxylic acids is 1. The number of esters is 1. The molecule has 5 heteroatoms. The van der Waals surface area contributed by atoms with E-state index in [4.69, 9.17) is 9.84 Å². The monoisotopic (exact) mass is 387 g/mol. The van der Waals surface area contributed by atoms with E-state index in [1.807, 2.05) is 0 Å². The normalized spacial score (nSPS) is 10.4. The van der Waals surface area contributed by atoms with Crippen LogP contribution in [-0.2, 0) is 14.3 Å². The van der Waals surface area contributed by atoms with Gasteiger partial charge in [0, 0.05) is 0 Å². The van der Waals surface area contributed by atoms with Crippen LogP contribution in [0, 0.1) is 0 Å². The molecule has 0 aromatic rings. The lowest BCUT2D eigenvalue weighted by Crippen LogP contribution is -2.08. The van der Waals surface area contributed by atoms with Crippen molar-refractivity contribution in [2.45, 2.75) is 122 Å². The third-order valence-electron chi connectivity index (χ3n) is 4.80. The van der Waals surface area contributed by atoms with Crippen molar-refractivity contribution in [2.75, 3.05) is 6.61 Å². The van der Waals surface area contributed by atoms with Gasteiger partial charge in [-0.05, 0) is 6.42 Å². The topological polar surface area (TPSA) is 98.6 Å². The molecule has 162 valence electrons. The number of carbonyl (C=O) groups excluding carboxylic acids is 1. The van der Waals surface area contributed by atoms with Gasteiger partial charge in [0.05, 0.1) is 19.4 Å². The second kappa shape index (κ2) is 22.9. The molecule has 0 spiro atoms. The van der Waals surface area contributed by atoms with Gasteiger partial charge in [-0.2, -0.15) is 0 Å². The quantitative estimate of drug-likeness (QED) is 0.176. The first-order valence-electron chi connectivity index (χ1n) is 11.0. The number of aliphatic carboxylic acids is 1. The molecule has 0 saturated heterocycles. The molecular weight excluding hydrogens is 342 g/mol. The third kappa shape index (κ3) is 24.9. The molecule has 0 aromatic carbocycles. The Bertz CT molecular complexity index is 334. The van der Waals surface area contributed by atoms with Crippen LogP contribution in [0.25, 0.3) is 0 Å². The molecule has 0 heterocycles. The number of hydrogen-bond donors (Lipinski definition) is 2. The van der Waals surface area contributed by atoms with Crippen molar-refractivity contribution in [3.05, 3.63) is 0 Å². The Morgan fingerprint density at radius 3 is 1.37 bits per heavy atom. The Morgan fingerprint density at radius 1 is 0.630 bits per heavy atom. The smallest absolute Gasteiger partial charge is 0.306 e. The molecule has 0 aliphatic rings. The zero-order valence-corrected chi connectivity index (χ0v) is 17.8. The van der Waals surface area contributed by atoms with Crippen molar-refractivity contribution in [1.82, 2.24) is 6.15 Å². The van der Waals surface area contributed by atoms with Crippen LogP contribution in [-0.4, -0.2) is 23.7 Å². The number of hydrogen-bond acceptors (Lipinski definition) is 4. The van der Waals surface area contributed by atoms with Crippen LogP contribution < -0.4 is 6.15 Å². The van der Waals surface area contributed by atoms with Crippen LogP contribution in [0.5, 0.6) is 0 Å². The van der Waals surface area contributed by atoms with Gasteiger partial charge >= 0.3 is 11.9 Å². The highest BCUT2D eigenvalue weighted by Gasteiger charge is 2.05. The van der Waals surface area contributed by atoms with E-state index in [2.05, 4.69) is 6.92 Å². The number of rotatable bonds is 20. The van der Waals surface area contributed by atoms with Crippen molar-refractivity contribution in [1.29, 1.82) is 0 Å². The molecule has 0 atom stereocenters. The second-order valence-electron chi connectivity index (χ2n) is 7.42. The van der Waals surface area contributed by atoms with Crippen LogP contribution >= 0.6 is 0 Å². The van der Waals surface area contributed by atoms with Crippen molar-refractivity contribution in [3.63, 3.8) is 0 Å². The predicted octanol–water partition coefficient (Wildman–Crippen LogP) is 6.82. The van der Waals surface area contributed by atoms with Crippen LogP contribution in [0.4, 0.5) is 0 Å². The Hall–Kier alpha value is -1.10. The molecule has 0 rings (SSSR count). The van der Waals surface area contributed by atoms with E-state index in [-0.39, 0.29) is 19.0 Å². The zero-order valence-electron chi connectivity index (χ0n) is 17.8. The van der Waals surface area contributed by atoms with E-state index in [1.165, 1.54) is 89.9 Å². The van der Waals surface area contributed by atoms with Gasteiger partial charge < -0.3 is 16.0 Å². The molecule has 27 heavy (non-hydrogen) atoms. The highest BCUT2D eigenvalue weighted by atomic mass is 16.5. The van der Waals surface area contributed by atoms with Crippen molar-refractivity contribution in [3.8, 4) is 0 Å². The standard InChI is InChI=1S/C22H42O4.H3N/c1-2-3-4-5-6-7-8-9-10-11-12-13-14-15-16-17-20-26-22(25)19-18-21(23)24;/h2-20H2,1H3,(H,23,24);1H3. The molecule has 0 saturated carbocycles. The van der Waals surface area contributed by atoms with E-state index >= 15 is 0 Å². The molecule has 0 radical (unpaired) electrons. The molecular formula is C22H45NO4. The Balaban J connectivity index is 0. The summed E-state index contributed by atoms with van der Waals surface area (Å²) in [5, 5.41) is 8.47. The summed E-state index contributed by atoms with van der Waals surface area (Å²) in [6.45, 7) is 2.70. The van der Waals surface area contributed by atoms with E-state index in [0.29, 0.717) is 6.61 Å². The highest BCUT2D eigenvalue weighted by molar-refractivity contribution is 5.76. The maximum Gasteiger partial charge on any atom is 0.306 e. The summed E-state index contributed by atoms with van der Waals surface area (Å²) in [7, 11) is 0. The summed E-state index contributed by atoms with van der Waals surface area (Å²) in [4.78, 5) is 21.6. The van der Waals surface area contributed by atoms with Crippen LogP contribution in [0.2, 0.25) is 0 Å². The van der Waals surface area contributed by atoms with Gasteiger partial charge in [0.2, 0.25) is 0 Å². The summed E-state index contributed by atoms with van der Waals surface area (Å²) in [6, 6.07) is 0. The molecule has 0 amide bonds. The summed E-state index contributed by atoms with van der Waals surface area (Å²) < 4.78 is 5.01. The van der Waals surface area contributed by atoms with Crippen LogP contribution in [0.1, 0.15) is 122 Å². The SMILES string of the molecule is CCCCCCCCCCCCCCCCCCOC(=O)CCC(=O)O.N. The molecule has 0 fully saturated rings. The summed E-state index contributed by atoms with van der Waals surface area (Å²) in [6.07, 6.45) is 21.0. The fourth-order valence-electron chi connectivity index (χ4n) is 3.12. The Kier molecular flexibility index (Phi) is 23.9. The molecule has 0 aliphatic heterocycles. The summed E-state index contributed by atoms with van der Waals surface area (Å²) in [5.74, 6) is -1.35. The molecule has 0 aromatic heterocycles. The minimum atomic E-state index is -0.954. The van der Waals surface area contributed by atoms with Crippen molar-refractivity contribution >= 4 is 11.9 Å². The van der Waals surface area contributed by atoms with Crippen molar-refractivity contribution in [2.24, 2.45) is 0 Å². The first kappa shape index (κ1) is 28.1. The first-order chi connectivity index (χ1) is 12.7. The number of ether oxygens (including phenoxy) is 1. The molecule has 0 bridgehead atoms. The fourth-order valence-corrected chi connectivity index (χ4v) is 3.12. The minimum absolute atomic E-state index is 0. The summed E-state index contributed by atoms with van der Waals surface area (Å²) >= 11 is 0. The van der Waals surface area contributed by atoms with E-state index < -0.39 is 11.9 Å². The van der Waals surface area contributed by atoms with E-state index in [0.717, 1.165) is 12.8 Å². The molecule has 4 N–H and O–H groups in total. The van der Waals surface area contributed by atoms with Crippen LogP contribution in [0.3, 0.4) is 0 Å². The Morgan fingerprint density at radius 2 is 1.00 bits per heavy atom. The average molecular weight is 388 g/mol. The van der Waals surface area contributed by atoms with Gasteiger partial charge in [0.1, 0.15) is 0 Å². The van der Waals surface area contributed by atoms with E-state index in [9.17, 15) is 9.59 Å². The maximum atomic E-state index is 11.2. The van der Waals surface area contributed by atoms with Gasteiger partial charge in [0.15, 0.2) is 0 Å². The lowest BCUT2D eigenvalue weighted by atomic mass is 10.0. The molecule has 0 unspecified atom stereocenters. The minimum Gasteiger partial charge on any atom is -0.481 e. The number of carbonyl (C=O) groups is 2. The van der Waals surface area contributed by atoms with Gasteiger partial charge in [-0.3, -0.25) is 9.59 Å². The van der Waals surface area contributed by atoms with Gasteiger partial charge in [-0.1, -0.05) is 103 Å². The maximum absolute atomic E-state index is 11.2. The highest BCUT2D eigenvalue weighted by Crippen LogP contribution is 2.13. The average Bonchev–Trinajstić information content (AvgIpc) is 2.62. The predicted molar refractivity (Wildman–Crippen MR) is 112 cm³/mol. The molecule has 0 aliphatic carbocycles. The fraction of sp³-hybridized carbons (Fsp3) is 0.909.